The molecule has 0 amide bonds. The maximum absolute atomic E-state index is 11.3. The molecule has 0 unspecified atom stereocenters. The molecule has 0 aliphatic heterocycles. The summed E-state index contributed by atoms with van der Waals surface area (Å²) in [6.07, 6.45) is 0. The number of hydrogen-bond acceptors (Lipinski definition) is 5. The number of hydrogen-bond donors (Lipinski definition) is 1. The van der Waals surface area contributed by atoms with Crippen molar-refractivity contribution < 1.29 is 22.1 Å². The molecule has 2 N–H and O–H groups in total. The van der Waals surface area contributed by atoms with Gasteiger partial charge in [-0.05, 0) is 27.7 Å². The fourth-order valence-corrected chi connectivity index (χ4v) is 1.06. The minimum absolute atomic E-state index is 0.312. The van der Waals surface area contributed by atoms with Crippen LogP contribution in [0.5, 0.6) is 0 Å². The molecule has 0 saturated carbocycles. The molecule has 0 aromatic heterocycles. The van der Waals surface area contributed by atoms with E-state index in [0.29, 0.717) is 0 Å². The topological polar surface area (TPSA) is 95.7 Å². The maximum Gasteiger partial charge on any atom is 0.333 e. The van der Waals surface area contributed by atoms with Crippen LogP contribution in [0.25, 0.3) is 0 Å². The molecule has 7 heteroatoms. The number of rotatable bonds is 4. The van der Waals surface area contributed by atoms with Gasteiger partial charge in [0, 0.05) is 0 Å². The summed E-state index contributed by atoms with van der Waals surface area (Å²) >= 11 is 0. The number of nitrogens with two attached hydrogens (primary N) is 1. The Labute approximate surface area is 90.0 Å². The van der Waals surface area contributed by atoms with Gasteiger partial charge in [0.1, 0.15) is 5.60 Å². The molecule has 0 rings (SSSR count). The van der Waals surface area contributed by atoms with Crippen molar-refractivity contribution in [2.75, 3.05) is 6.61 Å². The van der Waals surface area contributed by atoms with Crippen LogP contribution < -0.4 is 5.14 Å². The van der Waals surface area contributed by atoms with E-state index in [9.17, 15) is 13.2 Å². The summed E-state index contributed by atoms with van der Waals surface area (Å²) in [6, 6.07) is 0. The average molecular weight is 239 g/mol. The van der Waals surface area contributed by atoms with Gasteiger partial charge in [-0.1, -0.05) is 0 Å². The SMILES string of the molecule is C[C@@H](COS(N)(=O)=O)C(=O)OC(C)(C)C. The van der Waals surface area contributed by atoms with E-state index in [-0.39, 0.29) is 6.61 Å². The first kappa shape index (κ1) is 14.3. The van der Waals surface area contributed by atoms with Crippen molar-refractivity contribution in [2.24, 2.45) is 11.1 Å². The molecule has 0 spiro atoms. The van der Waals surface area contributed by atoms with Crippen LogP contribution in [0.3, 0.4) is 0 Å². The highest BCUT2D eigenvalue weighted by Crippen LogP contribution is 2.11. The lowest BCUT2D eigenvalue weighted by Gasteiger charge is -2.21. The van der Waals surface area contributed by atoms with Gasteiger partial charge in [-0.25, -0.2) is 5.14 Å². The van der Waals surface area contributed by atoms with E-state index in [1.165, 1.54) is 6.92 Å². The molecular weight excluding hydrogens is 222 g/mol. The first-order valence-corrected chi connectivity index (χ1v) is 5.88. The summed E-state index contributed by atoms with van der Waals surface area (Å²) in [5.74, 6) is -1.20. The van der Waals surface area contributed by atoms with E-state index >= 15 is 0 Å². The van der Waals surface area contributed by atoms with E-state index in [1.54, 1.807) is 20.8 Å². The lowest BCUT2D eigenvalue weighted by atomic mass is 10.1. The second kappa shape index (κ2) is 4.91. The zero-order valence-corrected chi connectivity index (χ0v) is 10.1. The van der Waals surface area contributed by atoms with Crippen molar-refractivity contribution in [3.05, 3.63) is 0 Å². The smallest absolute Gasteiger partial charge is 0.333 e. The van der Waals surface area contributed by atoms with E-state index < -0.39 is 27.8 Å². The van der Waals surface area contributed by atoms with Gasteiger partial charge in [-0.15, -0.1) is 0 Å². The summed E-state index contributed by atoms with van der Waals surface area (Å²) in [7, 11) is -4.00. The van der Waals surface area contributed by atoms with Crippen LogP contribution in [-0.2, 0) is 24.0 Å². The minimum atomic E-state index is -4.00. The normalized spacial score (nSPS) is 14.7. The molecule has 0 aliphatic rings. The third-order valence-electron chi connectivity index (χ3n) is 1.29. The van der Waals surface area contributed by atoms with E-state index in [2.05, 4.69) is 9.32 Å². The lowest BCUT2D eigenvalue weighted by Crippen LogP contribution is -2.30. The van der Waals surface area contributed by atoms with Crippen LogP contribution in [0.4, 0.5) is 0 Å². The minimum Gasteiger partial charge on any atom is -0.460 e. The highest BCUT2D eigenvalue weighted by molar-refractivity contribution is 7.84. The van der Waals surface area contributed by atoms with Crippen molar-refractivity contribution in [1.82, 2.24) is 0 Å². The van der Waals surface area contributed by atoms with Crippen LogP contribution in [0.15, 0.2) is 0 Å². The monoisotopic (exact) mass is 239 g/mol. The highest BCUT2D eigenvalue weighted by Gasteiger charge is 2.22. The Hall–Kier alpha value is -0.660. The summed E-state index contributed by atoms with van der Waals surface area (Å²) < 4.78 is 30.2. The number of carbonyl (C=O) groups excluding carboxylic acids is 1. The van der Waals surface area contributed by atoms with Gasteiger partial charge < -0.3 is 4.74 Å². The van der Waals surface area contributed by atoms with Gasteiger partial charge in [0.05, 0.1) is 12.5 Å². The van der Waals surface area contributed by atoms with Crippen LogP contribution in [0, 0.1) is 5.92 Å². The van der Waals surface area contributed by atoms with E-state index in [1.807, 2.05) is 0 Å². The van der Waals surface area contributed by atoms with Gasteiger partial charge in [-0.2, -0.15) is 8.42 Å². The van der Waals surface area contributed by atoms with Crippen LogP contribution in [0.2, 0.25) is 0 Å². The Kier molecular flexibility index (Phi) is 4.69. The number of carbonyl (C=O) groups is 1. The number of esters is 1. The predicted molar refractivity (Wildman–Crippen MR) is 54.1 cm³/mol. The molecule has 0 radical (unpaired) electrons. The van der Waals surface area contributed by atoms with Crippen LogP contribution >= 0.6 is 0 Å². The zero-order valence-electron chi connectivity index (χ0n) is 9.31. The largest absolute Gasteiger partial charge is 0.460 e. The van der Waals surface area contributed by atoms with E-state index in [4.69, 9.17) is 4.74 Å². The Morgan fingerprint density at radius 3 is 2.20 bits per heavy atom. The molecule has 0 aromatic carbocycles. The molecule has 15 heavy (non-hydrogen) atoms. The molecule has 90 valence electrons. The van der Waals surface area contributed by atoms with E-state index in [0.717, 1.165) is 0 Å². The second-order valence-electron chi connectivity index (χ2n) is 4.21. The molecule has 0 aromatic rings. The fraction of sp³-hybridized carbons (Fsp3) is 0.875. The first-order chi connectivity index (χ1) is 6.51. The Morgan fingerprint density at radius 2 is 1.87 bits per heavy atom. The quantitative estimate of drug-likeness (QED) is 0.706. The third-order valence-corrected chi connectivity index (χ3v) is 1.76. The first-order valence-electron chi connectivity index (χ1n) is 4.41. The standard InChI is InChI=1S/C8H17NO5S/c1-6(5-13-15(9,11)12)7(10)14-8(2,3)4/h6H,5H2,1-4H3,(H2,9,11,12)/t6-/m0/s1. The summed E-state index contributed by atoms with van der Waals surface area (Å²) in [5, 5.41) is 4.61. The van der Waals surface area contributed by atoms with Gasteiger partial charge >= 0.3 is 16.3 Å². The van der Waals surface area contributed by atoms with Gasteiger partial charge in [0.15, 0.2) is 0 Å². The molecule has 0 aliphatic carbocycles. The zero-order chi connectivity index (χ0) is 12.3. The molecular formula is C8H17NO5S. The lowest BCUT2D eigenvalue weighted by molar-refractivity contribution is -0.160. The molecule has 0 heterocycles. The third kappa shape index (κ3) is 8.34. The second-order valence-corrected chi connectivity index (χ2v) is 5.43. The molecule has 0 saturated heterocycles. The average Bonchev–Trinajstić information content (AvgIpc) is 1.95. The predicted octanol–water partition coefficient (Wildman–Crippen LogP) is 0.184. The molecule has 6 nitrogen and oxygen atoms in total. The maximum atomic E-state index is 11.3. The van der Waals surface area contributed by atoms with Crippen LogP contribution in [-0.4, -0.2) is 26.6 Å². The number of ether oxygens (including phenoxy) is 1. The van der Waals surface area contributed by atoms with Crippen LogP contribution in [0.1, 0.15) is 27.7 Å². The van der Waals surface area contributed by atoms with Gasteiger partial charge in [0.25, 0.3) is 0 Å². The summed E-state index contributed by atoms with van der Waals surface area (Å²) in [5.41, 5.74) is -0.604. The highest BCUT2D eigenvalue weighted by atomic mass is 32.2. The Morgan fingerprint density at radius 1 is 1.40 bits per heavy atom. The summed E-state index contributed by atoms with van der Waals surface area (Å²) in [6.45, 7) is 6.35. The van der Waals surface area contributed by atoms with Crippen molar-refractivity contribution in [1.29, 1.82) is 0 Å². The fourth-order valence-electron chi connectivity index (χ4n) is 0.667. The van der Waals surface area contributed by atoms with Crippen molar-refractivity contribution >= 4 is 16.3 Å². The molecule has 0 fully saturated rings. The Balaban J connectivity index is 4.12. The molecule has 0 bridgehead atoms. The van der Waals surface area contributed by atoms with Crippen molar-refractivity contribution in [3.8, 4) is 0 Å². The summed E-state index contributed by atoms with van der Waals surface area (Å²) in [4.78, 5) is 11.3. The van der Waals surface area contributed by atoms with Crippen molar-refractivity contribution in [2.45, 2.75) is 33.3 Å². The van der Waals surface area contributed by atoms with Gasteiger partial charge in [0.2, 0.25) is 0 Å². The van der Waals surface area contributed by atoms with Crippen molar-refractivity contribution in [3.63, 3.8) is 0 Å². The molecule has 1 atom stereocenters. The Bertz CT molecular complexity index is 316. The van der Waals surface area contributed by atoms with Gasteiger partial charge in [-0.3, -0.25) is 8.98 Å².